The molecule has 0 fully saturated rings. The van der Waals surface area contributed by atoms with Gasteiger partial charge in [0.1, 0.15) is 0 Å². The van der Waals surface area contributed by atoms with Crippen LogP contribution in [0.25, 0.3) is 0 Å². The molecule has 0 saturated heterocycles. The van der Waals surface area contributed by atoms with E-state index in [1.165, 1.54) is 18.4 Å². The Kier molecular flexibility index (Phi) is 2.73. The lowest BCUT2D eigenvalue weighted by atomic mass is 10.6. The van der Waals surface area contributed by atoms with E-state index < -0.39 is 0 Å². The monoisotopic (exact) mass is 191 g/mol. The summed E-state index contributed by atoms with van der Waals surface area (Å²) in [5.41, 5.74) is 0. The van der Waals surface area contributed by atoms with Crippen LogP contribution >= 0.6 is 22.9 Å². The molecule has 0 amide bonds. The van der Waals surface area contributed by atoms with Crippen molar-refractivity contribution >= 4 is 29.0 Å². The molecule has 0 spiro atoms. The van der Waals surface area contributed by atoms with Crippen LogP contribution in [0.3, 0.4) is 0 Å². The Labute approximate surface area is 73.0 Å². The Morgan fingerprint density at radius 3 is 2.82 bits per heavy atom. The summed E-state index contributed by atoms with van der Waals surface area (Å²) in [5, 5.41) is 7.56. The summed E-state index contributed by atoms with van der Waals surface area (Å²) in [6.45, 7) is 0. The Morgan fingerprint density at radius 2 is 2.36 bits per heavy atom. The van der Waals surface area contributed by atoms with E-state index in [1.807, 2.05) is 0 Å². The van der Waals surface area contributed by atoms with Crippen LogP contribution in [-0.4, -0.2) is 13.2 Å². The van der Waals surface area contributed by atoms with Gasteiger partial charge in [-0.15, -0.1) is 0 Å². The van der Waals surface area contributed by atoms with E-state index in [2.05, 4.69) is 4.74 Å². The van der Waals surface area contributed by atoms with Gasteiger partial charge in [-0.3, -0.25) is 0 Å². The summed E-state index contributed by atoms with van der Waals surface area (Å²) in [6, 6.07) is 3.38. The Bertz CT molecular complexity index is 261. The van der Waals surface area contributed by atoms with Crippen molar-refractivity contribution in [2.75, 3.05) is 7.11 Å². The van der Waals surface area contributed by atoms with Crippen molar-refractivity contribution in [1.29, 1.82) is 5.41 Å². The summed E-state index contributed by atoms with van der Waals surface area (Å²) in [5.74, 6) is 0. The molecule has 1 heterocycles. The van der Waals surface area contributed by atoms with Gasteiger partial charge in [-0.1, -0.05) is 22.9 Å². The van der Waals surface area contributed by atoms with Crippen LogP contribution in [-0.2, 0) is 4.74 Å². The zero-order chi connectivity index (χ0) is 8.27. The number of ether oxygens (including phenoxy) is 2. The van der Waals surface area contributed by atoms with Crippen molar-refractivity contribution in [2.45, 2.75) is 0 Å². The topological polar surface area (TPSA) is 42.3 Å². The van der Waals surface area contributed by atoms with E-state index in [4.69, 9.17) is 21.7 Å². The molecule has 0 aliphatic heterocycles. The Morgan fingerprint density at radius 1 is 1.64 bits per heavy atom. The molecular formula is C6H6ClNO2S. The maximum atomic E-state index is 7.00. The highest BCUT2D eigenvalue weighted by Gasteiger charge is 2.01. The SMILES string of the molecule is COC(=N)Oc1ccc(Cl)s1. The highest BCUT2D eigenvalue weighted by molar-refractivity contribution is 7.17. The lowest BCUT2D eigenvalue weighted by Gasteiger charge is -1.99. The van der Waals surface area contributed by atoms with Crippen LogP contribution in [0.4, 0.5) is 0 Å². The maximum absolute atomic E-state index is 7.00. The number of hydrogen-bond acceptors (Lipinski definition) is 4. The lowest BCUT2D eigenvalue weighted by Crippen LogP contribution is -2.07. The van der Waals surface area contributed by atoms with Gasteiger partial charge >= 0.3 is 6.08 Å². The zero-order valence-electron chi connectivity index (χ0n) is 5.76. The smallest absolute Gasteiger partial charge is 0.386 e. The molecule has 1 N–H and O–H groups in total. The number of rotatable bonds is 1. The van der Waals surface area contributed by atoms with E-state index in [0.29, 0.717) is 9.40 Å². The third kappa shape index (κ3) is 2.40. The second-order valence-electron chi connectivity index (χ2n) is 1.65. The molecule has 0 aliphatic carbocycles. The van der Waals surface area contributed by atoms with Gasteiger partial charge in [-0.05, 0) is 12.1 Å². The van der Waals surface area contributed by atoms with Crippen LogP contribution in [0.5, 0.6) is 5.06 Å². The van der Waals surface area contributed by atoms with Gasteiger partial charge in [0, 0.05) is 0 Å². The minimum atomic E-state index is -0.233. The van der Waals surface area contributed by atoms with Crippen LogP contribution in [0.2, 0.25) is 4.34 Å². The highest BCUT2D eigenvalue weighted by atomic mass is 35.5. The summed E-state index contributed by atoms with van der Waals surface area (Å²) in [7, 11) is 1.37. The van der Waals surface area contributed by atoms with Gasteiger partial charge < -0.3 is 9.47 Å². The summed E-state index contributed by atoms with van der Waals surface area (Å²) >= 11 is 6.87. The maximum Gasteiger partial charge on any atom is 0.386 e. The van der Waals surface area contributed by atoms with Gasteiger partial charge in [0.2, 0.25) is 0 Å². The molecule has 0 atom stereocenters. The van der Waals surface area contributed by atoms with Gasteiger partial charge in [-0.2, -0.15) is 0 Å². The summed E-state index contributed by atoms with van der Waals surface area (Å²) in [4.78, 5) is 0. The fraction of sp³-hybridized carbons (Fsp3) is 0.167. The first-order chi connectivity index (χ1) is 5.22. The average molecular weight is 192 g/mol. The van der Waals surface area contributed by atoms with Crippen LogP contribution < -0.4 is 4.74 Å². The highest BCUT2D eigenvalue weighted by Crippen LogP contribution is 2.28. The third-order valence-electron chi connectivity index (χ3n) is 0.927. The fourth-order valence-electron chi connectivity index (χ4n) is 0.486. The number of methoxy groups -OCH3 is 1. The van der Waals surface area contributed by atoms with E-state index in [0.717, 1.165) is 0 Å². The molecule has 0 unspecified atom stereocenters. The molecule has 0 aliphatic rings. The molecule has 3 nitrogen and oxygen atoms in total. The minimum Gasteiger partial charge on any atom is -0.454 e. The van der Waals surface area contributed by atoms with Crippen LogP contribution in [0.1, 0.15) is 0 Å². The molecule has 60 valence electrons. The van der Waals surface area contributed by atoms with E-state index in [1.54, 1.807) is 12.1 Å². The van der Waals surface area contributed by atoms with Crippen molar-refractivity contribution < 1.29 is 9.47 Å². The van der Waals surface area contributed by atoms with E-state index >= 15 is 0 Å². The molecule has 0 saturated carbocycles. The van der Waals surface area contributed by atoms with Crippen molar-refractivity contribution in [2.24, 2.45) is 0 Å². The van der Waals surface area contributed by atoms with Crippen molar-refractivity contribution in [3.63, 3.8) is 0 Å². The summed E-state index contributed by atoms with van der Waals surface area (Å²) < 4.78 is 10.00. The standard InChI is InChI=1S/C6H6ClNO2S/c1-9-6(8)10-5-3-2-4(7)11-5/h2-3,8H,1H3. The second-order valence-corrected chi connectivity index (χ2v) is 3.33. The summed E-state index contributed by atoms with van der Waals surface area (Å²) in [6.07, 6.45) is -0.233. The fourth-order valence-corrected chi connectivity index (χ4v) is 1.36. The van der Waals surface area contributed by atoms with Gasteiger partial charge in [-0.25, -0.2) is 5.41 Å². The van der Waals surface area contributed by atoms with Crippen molar-refractivity contribution in [3.05, 3.63) is 16.5 Å². The average Bonchev–Trinajstić information content (AvgIpc) is 2.35. The van der Waals surface area contributed by atoms with Gasteiger partial charge in [0.15, 0.2) is 5.06 Å². The number of halogens is 1. The second kappa shape index (κ2) is 3.59. The van der Waals surface area contributed by atoms with Crippen LogP contribution in [0.15, 0.2) is 12.1 Å². The molecule has 1 rings (SSSR count). The number of nitrogens with one attached hydrogen (secondary N) is 1. The molecule has 5 heteroatoms. The lowest BCUT2D eigenvalue weighted by molar-refractivity contribution is 0.298. The van der Waals surface area contributed by atoms with Gasteiger partial charge in [0.05, 0.1) is 11.4 Å². The predicted octanol–water partition coefficient (Wildman–Crippen LogP) is 2.36. The molecule has 1 aromatic heterocycles. The quantitative estimate of drug-likeness (QED) is 0.547. The number of hydrogen-bond donors (Lipinski definition) is 1. The number of thiophene rings is 1. The minimum absolute atomic E-state index is 0.233. The molecule has 0 bridgehead atoms. The van der Waals surface area contributed by atoms with Crippen LogP contribution in [0, 0.1) is 5.41 Å². The van der Waals surface area contributed by atoms with Gasteiger partial charge in [0.25, 0.3) is 0 Å². The first kappa shape index (κ1) is 8.36. The molecular weight excluding hydrogens is 186 g/mol. The molecule has 11 heavy (non-hydrogen) atoms. The predicted molar refractivity (Wildman–Crippen MR) is 44.7 cm³/mol. The molecule has 0 aromatic carbocycles. The van der Waals surface area contributed by atoms with E-state index in [-0.39, 0.29) is 6.08 Å². The first-order valence-electron chi connectivity index (χ1n) is 2.78. The molecule has 0 radical (unpaired) electrons. The normalized spacial score (nSPS) is 9.27. The first-order valence-corrected chi connectivity index (χ1v) is 3.97. The molecule has 1 aromatic rings. The largest absolute Gasteiger partial charge is 0.454 e. The Hall–Kier alpha value is -0.740. The van der Waals surface area contributed by atoms with Crippen molar-refractivity contribution in [1.82, 2.24) is 0 Å². The Balaban J connectivity index is 2.57. The zero-order valence-corrected chi connectivity index (χ0v) is 7.33. The van der Waals surface area contributed by atoms with E-state index in [9.17, 15) is 0 Å². The third-order valence-corrected chi connectivity index (χ3v) is 2.04. The van der Waals surface area contributed by atoms with Crippen molar-refractivity contribution in [3.8, 4) is 5.06 Å².